The zero-order chi connectivity index (χ0) is 19.8. The molecule has 0 bridgehead atoms. The number of carbonyl (C=O) groups is 1. The molecule has 8 heteroatoms. The van der Waals surface area contributed by atoms with Crippen LogP contribution in [0.15, 0.2) is 21.7 Å². The van der Waals surface area contributed by atoms with Crippen LogP contribution in [-0.2, 0) is 4.79 Å². The Kier molecular flexibility index (Phi) is 4.87. The first-order valence-corrected chi connectivity index (χ1v) is 9.84. The molecule has 1 aromatic heterocycles. The minimum atomic E-state index is -0.378. The summed E-state index contributed by atoms with van der Waals surface area (Å²) < 4.78 is 7.42. The second-order valence-electron chi connectivity index (χ2n) is 7.75. The van der Waals surface area contributed by atoms with Crippen molar-refractivity contribution >= 4 is 22.5 Å². The first-order valence-electron chi connectivity index (χ1n) is 9.84. The zero-order valence-electron chi connectivity index (χ0n) is 16.3. The lowest BCUT2D eigenvalue weighted by atomic mass is 10.1. The van der Waals surface area contributed by atoms with Crippen LogP contribution in [-0.4, -0.2) is 42.2 Å². The minimum absolute atomic E-state index is 0.00526. The fraction of sp³-hybridized carbons (Fsp3) is 0.550. The molecule has 2 aliphatic rings. The maximum Gasteiger partial charge on any atom is 0.329 e. The van der Waals surface area contributed by atoms with E-state index in [-0.39, 0.29) is 23.2 Å². The summed E-state index contributed by atoms with van der Waals surface area (Å²) in [6.07, 6.45) is 3.83. The Morgan fingerprint density at radius 3 is 2.75 bits per heavy atom. The largest absolute Gasteiger partial charge is 0.492 e. The molecule has 4 rings (SSSR count). The Bertz CT molecular complexity index is 1020. The molecule has 1 unspecified atom stereocenters. The second-order valence-corrected chi connectivity index (χ2v) is 7.75. The number of carbonyl (C=O) groups excluding carboxylic acids is 1. The van der Waals surface area contributed by atoms with Gasteiger partial charge in [-0.25, -0.2) is 4.79 Å². The molecule has 1 aliphatic carbocycles. The number of rotatable bonds is 6. The molecule has 28 heavy (non-hydrogen) atoms. The molecule has 2 aromatic rings. The number of H-pyrrole nitrogens is 1. The highest BCUT2D eigenvalue weighted by molar-refractivity contribution is 5.90. The lowest BCUT2D eigenvalue weighted by Gasteiger charge is -2.23. The minimum Gasteiger partial charge on any atom is -0.492 e. The zero-order valence-corrected chi connectivity index (χ0v) is 16.3. The molecule has 2 N–H and O–H groups in total. The van der Waals surface area contributed by atoms with E-state index in [0.29, 0.717) is 29.1 Å². The van der Waals surface area contributed by atoms with Gasteiger partial charge < -0.3 is 15.0 Å². The molecule has 150 valence electrons. The molecule has 2 fully saturated rings. The second kappa shape index (κ2) is 7.33. The van der Waals surface area contributed by atoms with Gasteiger partial charge in [-0.3, -0.25) is 19.1 Å². The van der Waals surface area contributed by atoms with E-state index in [1.54, 1.807) is 17.7 Å². The van der Waals surface area contributed by atoms with Gasteiger partial charge in [-0.2, -0.15) is 0 Å². The highest BCUT2D eigenvalue weighted by Gasteiger charge is 2.31. The lowest BCUT2D eigenvalue weighted by molar-refractivity contribution is -0.118. The fourth-order valence-corrected chi connectivity index (χ4v) is 4.18. The van der Waals surface area contributed by atoms with Crippen LogP contribution in [0.3, 0.4) is 0 Å². The maximum absolute atomic E-state index is 12.5. The van der Waals surface area contributed by atoms with E-state index in [2.05, 4.69) is 15.2 Å². The molecule has 1 atom stereocenters. The highest BCUT2D eigenvalue weighted by atomic mass is 16.5. The van der Waals surface area contributed by atoms with E-state index < -0.39 is 0 Å². The Morgan fingerprint density at radius 2 is 2.07 bits per heavy atom. The van der Waals surface area contributed by atoms with E-state index in [1.807, 2.05) is 6.07 Å². The molecule has 2 heterocycles. The van der Waals surface area contributed by atoms with Crippen LogP contribution in [0.2, 0.25) is 0 Å². The van der Waals surface area contributed by atoms with Crippen molar-refractivity contribution in [1.82, 2.24) is 14.9 Å². The third kappa shape index (κ3) is 3.39. The van der Waals surface area contributed by atoms with Crippen LogP contribution in [0.25, 0.3) is 10.9 Å². The number of aromatic amines is 1. The van der Waals surface area contributed by atoms with E-state index in [4.69, 9.17) is 4.74 Å². The smallest absolute Gasteiger partial charge is 0.329 e. The summed E-state index contributed by atoms with van der Waals surface area (Å²) in [5.74, 6) is 1.07. The normalized spacial score (nSPS) is 19.2. The summed E-state index contributed by atoms with van der Waals surface area (Å²) in [4.78, 5) is 40.6. The lowest BCUT2D eigenvalue weighted by Crippen LogP contribution is -2.30. The molecule has 0 radical (unpaired) electrons. The molecular formula is C20H26N4O4. The van der Waals surface area contributed by atoms with Crippen molar-refractivity contribution in [2.45, 2.75) is 38.6 Å². The van der Waals surface area contributed by atoms with E-state index in [9.17, 15) is 14.4 Å². The third-order valence-electron chi connectivity index (χ3n) is 5.70. The van der Waals surface area contributed by atoms with Crippen LogP contribution in [0, 0.1) is 5.92 Å². The maximum atomic E-state index is 12.5. The summed E-state index contributed by atoms with van der Waals surface area (Å²) in [5, 5.41) is 3.33. The average Bonchev–Trinajstić information content (AvgIpc) is 3.38. The predicted octanol–water partition coefficient (Wildman–Crippen LogP) is 1.39. The topological polar surface area (TPSA) is 96.4 Å². The van der Waals surface area contributed by atoms with Gasteiger partial charge in [0.05, 0.1) is 18.2 Å². The Balaban J connectivity index is 1.69. The van der Waals surface area contributed by atoms with Crippen LogP contribution >= 0.6 is 0 Å². The molecule has 1 saturated heterocycles. The Hall–Kier alpha value is -2.77. The summed E-state index contributed by atoms with van der Waals surface area (Å²) in [7, 11) is 1.59. The van der Waals surface area contributed by atoms with Crippen molar-refractivity contribution in [3.05, 3.63) is 33.0 Å². The molecule has 1 aromatic carbocycles. The summed E-state index contributed by atoms with van der Waals surface area (Å²) in [6.45, 7) is 3.95. The number of hydrogen-bond donors (Lipinski definition) is 2. The number of nitrogens with zero attached hydrogens (tertiary/aromatic N) is 2. The number of fused-ring (bicyclic) bond motifs is 1. The fourth-order valence-electron chi connectivity index (χ4n) is 4.18. The quantitative estimate of drug-likeness (QED) is 0.782. The van der Waals surface area contributed by atoms with Crippen molar-refractivity contribution in [1.29, 1.82) is 0 Å². The van der Waals surface area contributed by atoms with Gasteiger partial charge in [0.2, 0.25) is 5.91 Å². The van der Waals surface area contributed by atoms with Crippen molar-refractivity contribution < 1.29 is 9.53 Å². The van der Waals surface area contributed by atoms with Crippen molar-refractivity contribution in [3.8, 4) is 5.75 Å². The Morgan fingerprint density at radius 1 is 1.29 bits per heavy atom. The first-order chi connectivity index (χ1) is 13.5. The number of ether oxygens (including phenoxy) is 1. The van der Waals surface area contributed by atoms with Crippen LogP contribution in [0.4, 0.5) is 5.69 Å². The first kappa shape index (κ1) is 18.6. The van der Waals surface area contributed by atoms with Crippen molar-refractivity contribution in [2.24, 2.45) is 5.92 Å². The molecular weight excluding hydrogens is 360 g/mol. The van der Waals surface area contributed by atoms with Crippen LogP contribution < -0.4 is 26.2 Å². The molecule has 1 amide bonds. The van der Waals surface area contributed by atoms with Gasteiger partial charge in [-0.15, -0.1) is 0 Å². The van der Waals surface area contributed by atoms with Gasteiger partial charge in [0, 0.05) is 32.6 Å². The number of hydrogen-bond acceptors (Lipinski definition) is 5. The van der Waals surface area contributed by atoms with Crippen molar-refractivity contribution in [3.63, 3.8) is 0 Å². The molecule has 0 spiro atoms. The highest BCUT2D eigenvalue weighted by Crippen LogP contribution is 2.42. The van der Waals surface area contributed by atoms with Gasteiger partial charge in [-0.05, 0) is 43.7 Å². The SMILES string of the molecule is COc1c(N2CCC(CCNC(C)=O)C2)ccc2c(=O)[nH]c(=O)n(C3CC3)c12. The summed E-state index contributed by atoms with van der Waals surface area (Å²) in [5.41, 5.74) is 0.760. The number of methoxy groups -OCH3 is 1. The van der Waals surface area contributed by atoms with E-state index in [0.717, 1.165) is 44.5 Å². The summed E-state index contributed by atoms with van der Waals surface area (Å²) in [6, 6.07) is 3.82. The number of anilines is 1. The van der Waals surface area contributed by atoms with Gasteiger partial charge in [0.25, 0.3) is 5.56 Å². The van der Waals surface area contributed by atoms with Gasteiger partial charge in [0.1, 0.15) is 5.52 Å². The molecule has 1 aliphatic heterocycles. The van der Waals surface area contributed by atoms with Crippen LogP contribution in [0.1, 0.15) is 38.6 Å². The van der Waals surface area contributed by atoms with E-state index >= 15 is 0 Å². The molecule has 1 saturated carbocycles. The number of aromatic nitrogens is 2. The van der Waals surface area contributed by atoms with E-state index in [1.165, 1.54) is 6.92 Å². The number of benzene rings is 1. The average molecular weight is 386 g/mol. The predicted molar refractivity (Wildman–Crippen MR) is 107 cm³/mol. The summed E-state index contributed by atoms with van der Waals surface area (Å²) >= 11 is 0. The van der Waals surface area contributed by atoms with Crippen molar-refractivity contribution in [2.75, 3.05) is 31.6 Å². The van der Waals surface area contributed by atoms with Gasteiger partial charge in [-0.1, -0.05) is 0 Å². The van der Waals surface area contributed by atoms with Crippen LogP contribution in [0.5, 0.6) is 5.75 Å². The number of amides is 1. The monoisotopic (exact) mass is 386 g/mol. The third-order valence-corrected chi connectivity index (χ3v) is 5.70. The van der Waals surface area contributed by atoms with Gasteiger partial charge in [0.15, 0.2) is 5.75 Å². The van der Waals surface area contributed by atoms with Gasteiger partial charge >= 0.3 is 5.69 Å². The Labute approximate surface area is 162 Å². The number of nitrogens with one attached hydrogen (secondary N) is 2. The standard InChI is InChI=1S/C20H26N4O4/c1-12(25)21-9-7-13-8-10-23(11-13)16-6-5-15-17(18(16)28-2)24(14-3-4-14)20(27)22-19(15)26/h5-6,13-14H,3-4,7-11H2,1-2H3,(H,21,25)(H,22,26,27). The molecule has 8 nitrogen and oxygen atoms in total.